The molecule has 1 amide bonds. The van der Waals surface area contributed by atoms with Gasteiger partial charge in [-0.15, -0.1) is 0 Å². The second-order valence-electron chi connectivity index (χ2n) is 5.02. The predicted octanol–water partition coefficient (Wildman–Crippen LogP) is 1.65. The van der Waals surface area contributed by atoms with Gasteiger partial charge in [0.1, 0.15) is 11.3 Å². The first-order valence-corrected chi connectivity index (χ1v) is 6.72. The van der Waals surface area contributed by atoms with Gasteiger partial charge >= 0.3 is 5.97 Å². The minimum atomic E-state index is -1.07. The monoisotopic (exact) mass is 281 g/mol. The molecule has 0 saturated carbocycles. The van der Waals surface area contributed by atoms with Crippen molar-refractivity contribution in [2.45, 2.75) is 19.8 Å². The lowest BCUT2D eigenvalue weighted by atomic mass is 10.1. The van der Waals surface area contributed by atoms with Gasteiger partial charge in [-0.05, 0) is 6.42 Å². The minimum Gasteiger partial charge on any atom is -0.478 e. The van der Waals surface area contributed by atoms with Crippen LogP contribution in [0.2, 0.25) is 0 Å². The molecule has 0 radical (unpaired) electrons. The van der Waals surface area contributed by atoms with Crippen molar-refractivity contribution >= 4 is 11.9 Å². The van der Waals surface area contributed by atoms with E-state index >= 15 is 0 Å². The Morgan fingerprint density at radius 3 is 2.75 bits per heavy atom. The van der Waals surface area contributed by atoms with Crippen molar-refractivity contribution in [2.75, 3.05) is 26.8 Å². The zero-order valence-corrected chi connectivity index (χ0v) is 11.7. The molecule has 0 aliphatic carbocycles. The Hall–Kier alpha value is -1.82. The molecular weight excluding hydrogens is 262 g/mol. The lowest BCUT2D eigenvalue weighted by molar-refractivity contribution is 0.0692. The van der Waals surface area contributed by atoms with Gasteiger partial charge in [0.2, 0.25) is 0 Å². The zero-order valence-electron chi connectivity index (χ0n) is 11.7. The molecule has 6 nitrogen and oxygen atoms in total. The fourth-order valence-corrected chi connectivity index (χ4v) is 2.36. The van der Waals surface area contributed by atoms with Gasteiger partial charge in [-0.1, -0.05) is 6.92 Å². The number of carbonyl (C=O) groups is 2. The number of furan rings is 1. The molecule has 1 aliphatic rings. The maximum absolute atomic E-state index is 12.2. The number of rotatable bonds is 5. The van der Waals surface area contributed by atoms with Crippen LogP contribution >= 0.6 is 0 Å². The average molecular weight is 281 g/mol. The van der Waals surface area contributed by atoms with Crippen LogP contribution < -0.4 is 0 Å². The van der Waals surface area contributed by atoms with Crippen LogP contribution in [0.25, 0.3) is 0 Å². The maximum atomic E-state index is 12.2. The van der Waals surface area contributed by atoms with Crippen LogP contribution in [0.4, 0.5) is 0 Å². The second kappa shape index (κ2) is 6.09. The van der Waals surface area contributed by atoms with Crippen molar-refractivity contribution < 1.29 is 23.8 Å². The van der Waals surface area contributed by atoms with E-state index in [1.807, 2.05) is 0 Å². The van der Waals surface area contributed by atoms with Gasteiger partial charge < -0.3 is 19.2 Å². The van der Waals surface area contributed by atoms with Crippen molar-refractivity contribution in [2.24, 2.45) is 5.92 Å². The van der Waals surface area contributed by atoms with E-state index in [4.69, 9.17) is 14.3 Å². The highest BCUT2D eigenvalue weighted by Gasteiger charge is 2.25. The summed E-state index contributed by atoms with van der Waals surface area (Å²) >= 11 is 0. The van der Waals surface area contributed by atoms with Crippen LogP contribution in [0.5, 0.6) is 0 Å². The average Bonchev–Trinajstić information content (AvgIpc) is 3.05. The van der Waals surface area contributed by atoms with E-state index in [-0.39, 0.29) is 17.2 Å². The number of nitrogens with zero attached hydrogens (tertiary/aromatic N) is 1. The van der Waals surface area contributed by atoms with E-state index in [1.165, 1.54) is 6.07 Å². The Kier molecular flexibility index (Phi) is 4.44. The molecule has 1 fully saturated rings. The lowest BCUT2D eigenvalue weighted by Gasteiger charge is -2.19. The van der Waals surface area contributed by atoms with E-state index in [0.29, 0.717) is 31.3 Å². The SMILES string of the molecule is CCc1oc(C(=O)N(C)CC2CCOC2)cc1C(=O)O. The summed E-state index contributed by atoms with van der Waals surface area (Å²) in [4.78, 5) is 24.9. The highest BCUT2D eigenvalue weighted by Crippen LogP contribution is 2.19. The summed E-state index contributed by atoms with van der Waals surface area (Å²) < 4.78 is 10.6. The zero-order chi connectivity index (χ0) is 14.7. The van der Waals surface area contributed by atoms with E-state index in [9.17, 15) is 9.59 Å². The third-order valence-corrected chi connectivity index (χ3v) is 3.47. The standard InChI is InChI=1S/C14H19NO5/c1-3-11-10(14(17)18)6-12(20-11)13(16)15(2)7-9-4-5-19-8-9/h6,9H,3-5,7-8H2,1-2H3,(H,17,18). The van der Waals surface area contributed by atoms with Gasteiger partial charge in [-0.2, -0.15) is 0 Å². The van der Waals surface area contributed by atoms with E-state index in [1.54, 1.807) is 18.9 Å². The van der Waals surface area contributed by atoms with Gasteiger partial charge in [-0.25, -0.2) is 4.79 Å². The van der Waals surface area contributed by atoms with Gasteiger partial charge in [0.05, 0.1) is 6.61 Å². The summed E-state index contributed by atoms with van der Waals surface area (Å²) in [7, 11) is 1.69. The first-order chi connectivity index (χ1) is 9.52. The van der Waals surface area contributed by atoms with Gasteiger partial charge in [0.25, 0.3) is 5.91 Å². The fourth-order valence-electron chi connectivity index (χ4n) is 2.36. The summed E-state index contributed by atoms with van der Waals surface area (Å²) in [5.41, 5.74) is 0.0634. The number of aromatic carboxylic acids is 1. The molecule has 2 heterocycles. The molecule has 20 heavy (non-hydrogen) atoms. The van der Waals surface area contributed by atoms with Crippen LogP contribution in [0.15, 0.2) is 10.5 Å². The van der Waals surface area contributed by atoms with Crippen molar-refractivity contribution in [3.63, 3.8) is 0 Å². The fraction of sp³-hybridized carbons (Fsp3) is 0.571. The smallest absolute Gasteiger partial charge is 0.339 e. The number of hydrogen-bond donors (Lipinski definition) is 1. The predicted molar refractivity (Wildman–Crippen MR) is 70.9 cm³/mol. The highest BCUT2D eigenvalue weighted by atomic mass is 16.5. The topological polar surface area (TPSA) is 80.0 Å². The molecule has 1 N–H and O–H groups in total. The first kappa shape index (κ1) is 14.6. The molecule has 1 aliphatic heterocycles. The van der Waals surface area contributed by atoms with Gasteiger partial charge in [0, 0.05) is 38.6 Å². The van der Waals surface area contributed by atoms with Crippen LogP contribution in [0.3, 0.4) is 0 Å². The molecule has 1 atom stereocenters. The number of aryl methyl sites for hydroxylation is 1. The number of amides is 1. The van der Waals surface area contributed by atoms with Crippen molar-refractivity contribution in [3.8, 4) is 0 Å². The van der Waals surface area contributed by atoms with E-state index in [2.05, 4.69) is 0 Å². The number of hydrogen-bond acceptors (Lipinski definition) is 4. The summed E-state index contributed by atoms with van der Waals surface area (Å²) in [6.45, 7) is 3.77. The second-order valence-corrected chi connectivity index (χ2v) is 5.02. The van der Waals surface area contributed by atoms with Crippen LogP contribution in [0, 0.1) is 5.92 Å². The quantitative estimate of drug-likeness (QED) is 0.887. The van der Waals surface area contributed by atoms with Gasteiger partial charge in [-0.3, -0.25) is 4.79 Å². The Morgan fingerprint density at radius 2 is 2.25 bits per heavy atom. The Morgan fingerprint density at radius 1 is 1.50 bits per heavy atom. The molecule has 2 rings (SSSR count). The van der Waals surface area contributed by atoms with E-state index in [0.717, 1.165) is 13.0 Å². The Labute approximate surface area is 117 Å². The molecule has 0 aromatic carbocycles. The largest absolute Gasteiger partial charge is 0.478 e. The van der Waals surface area contributed by atoms with E-state index < -0.39 is 5.97 Å². The summed E-state index contributed by atoms with van der Waals surface area (Å²) in [5, 5.41) is 9.06. The molecular formula is C14H19NO5. The minimum absolute atomic E-state index is 0.0634. The molecule has 1 aromatic heterocycles. The molecule has 1 unspecified atom stereocenters. The highest BCUT2D eigenvalue weighted by molar-refractivity contribution is 5.96. The van der Waals surface area contributed by atoms with Crippen molar-refractivity contribution in [1.82, 2.24) is 4.90 Å². The summed E-state index contributed by atoms with van der Waals surface area (Å²) in [6.07, 6.45) is 1.38. The van der Waals surface area contributed by atoms with Crippen LogP contribution in [0.1, 0.15) is 40.0 Å². The third kappa shape index (κ3) is 3.01. The number of carboxylic acid groups (broad SMARTS) is 1. The van der Waals surface area contributed by atoms with Crippen molar-refractivity contribution in [3.05, 3.63) is 23.2 Å². The third-order valence-electron chi connectivity index (χ3n) is 3.47. The number of carboxylic acids is 1. The number of carbonyl (C=O) groups excluding carboxylic acids is 1. The molecule has 0 bridgehead atoms. The molecule has 1 saturated heterocycles. The normalized spacial score (nSPS) is 18.2. The maximum Gasteiger partial charge on any atom is 0.339 e. The Balaban J connectivity index is 2.09. The Bertz CT molecular complexity index is 502. The number of ether oxygens (including phenoxy) is 1. The molecule has 6 heteroatoms. The lowest BCUT2D eigenvalue weighted by Crippen LogP contribution is -2.31. The summed E-state index contributed by atoms with van der Waals surface area (Å²) in [6, 6.07) is 1.31. The van der Waals surface area contributed by atoms with Crippen LogP contribution in [-0.4, -0.2) is 48.7 Å². The first-order valence-electron chi connectivity index (χ1n) is 6.72. The molecule has 0 spiro atoms. The van der Waals surface area contributed by atoms with Crippen LogP contribution in [-0.2, 0) is 11.2 Å². The van der Waals surface area contributed by atoms with Gasteiger partial charge in [0.15, 0.2) is 5.76 Å². The molecule has 1 aromatic rings. The summed E-state index contributed by atoms with van der Waals surface area (Å²) in [5.74, 6) is -0.613. The van der Waals surface area contributed by atoms with Crippen molar-refractivity contribution in [1.29, 1.82) is 0 Å². The molecule has 110 valence electrons.